The number of hydrogen-bond donors (Lipinski definition) is 3. The molecule has 0 spiro atoms. The van der Waals surface area contributed by atoms with Crippen LogP contribution in [0.4, 0.5) is 0 Å². The quantitative estimate of drug-likeness (QED) is 0.531. The number of nitrogens with one attached hydrogen (secondary N) is 3. The molecule has 1 heterocycles. The molecule has 0 aliphatic rings. The lowest BCUT2D eigenvalue weighted by molar-refractivity contribution is 0.0938. The van der Waals surface area contributed by atoms with Crippen molar-refractivity contribution in [3.8, 4) is 5.75 Å². The van der Waals surface area contributed by atoms with Crippen LogP contribution in [-0.4, -0.2) is 24.0 Å². The monoisotopic (exact) mass is 413 g/mol. The van der Waals surface area contributed by atoms with Gasteiger partial charge in [0.15, 0.2) is 5.11 Å². The van der Waals surface area contributed by atoms with Gasteiger partial charge in [0, 0.05) is 5.56 Å². The van der Waals surface area contributed by atoms with E-state index >= 15 is 0 Å². The van der Waals surface area contributed by atoms with Crippen molar-refractivity contribution in [2.45, 2.75) is 0 Å². The molecule has 2 amide bonds. The number of amides is 2. The molecule has 9 heteroatoms. The highest BCUT2D eigenvalue weighted by atomic mass is 79.9. The minimum atomic E-state index is -0.406. The summed E-state index contributed by atoms with van der Waals surface area (Å²) in [5, 5.41) is 4.25. The van der Waals surface area contributed by atoms with Gasteiger partial charge in [-0.3, -0.25) is 25.8 Å². The zero-order valence-corrected chi connectivity index (χ0v) is 15.1. The molecule has 0 aliphatic carbocycles. The van der Waals surface area contributed by atoms with Gasteiger partial charge in [-0.25, -0.2) is 0 Å². The summed E-state index contributed by atoms with van der Waals surface area (Å²) in [5.74, 6) is -0.120. The van der Waals surface area contributed by atoms with E-state index in [2.05, 4.69) is 32.1 Å². The molecule has 2 aromatic rings. The number of thiophene rings is 1. The number of ether oxygens (including phenoxy) is 1. The maximum absolute atomic E-state index is 12.1. The number of halogens is 1. The number of methoxy groups -OCH3 is 1. The van der Waals surface area contributed by atoms with Crippen molar-refractivity contribution in [2.24, 2.45) is 0 Å². The molecule has 120 valence electrons. The Morgan fingerprint density at radius 3 is 2.61 bits per heavy atom. The van der Waals surface area contributed by atoms with Gasteiger partial charge in [0.25, 0.3) is 11.8 Å². The van der Waals surface area contributed by atoms with Crippen LogP contribution in [0.5, 0.6) is 5.75 Å². The summed E-state index contributed by atoms with van der Waals surface area (Å²) >= 11 is 9.57. The summed E-state index contributed by atoms with van der Waals surface area (Å²) in [6, 6.07) is 8.32. The Bertz CT molecular complexity index is 735. The van der Waals surface area contributed by atoms with Crippen molar-refractivity contribution in [1.29, 1.82) is 0 Å². The number of thiocarbonyl (C=S) groups is 1. The third kappa shape index (κ3) is 4.75. The second kappa shape index (κ2) is 8.04. The van der Waals surface area contributed by atoms with E-state index in [1.807, 2.05) is 0 Å². The normalized spacial score (nSPS) is 9.83. The highest BCUT2D eigenvalue weighted by Gasteiger charge is 2.11. The summed E-state index contributed by atoms with van der Waals surface area (Å²) in [5.41, 5.74) is 5.28. The number of rotatable bonds is 3. The Morgan fingerprint density at radius 2 is 2.00 bits per heavy atom. The van der Waals surface area contributed by atoms with E-state index in [1.165, 1.54) is 18.4 Å². The molecule has 0 bridgehead atoms. The van der Waals surface area contributed by atoms with Gasteiger partial charge in [0.05, 0.1) is 16.5 Å². The predicted molar refractivity (Wildman–Crippen MR) is 95.7 cm³/mol. The first-order valence-electron chi connectivity index (χ1n) is 6.30. The van der Waals surface area contributed by atoms with Crippen LogP contribution >= 0.6 is 39.5 Å². The molecule has 23 heavy (non-hydrogen) atoms. The van der Waals surface area contributed by atoms with Gasteiger partial charge < -0.3 is 4.74 Å². The molecule has 0 atom stereocenters. The van der Waals surface area contributed by atoms with Crippen LogP contribution in [0, 0.1) is 0 Å². The van der Waals surface area contributed by atoms with Crippen molar-refractivity contribution >= 4 is 56.4 Å². The first-order valence-corrected chi connectivity index (χ1v) is 8.38. The maximum atomic E-state index is 12.1. The van der Waals surface area contributed by atoms with Gasteiger partial charge in [0.2, 0.25) is 0 Å². The van der Waals surface area contributed by atoms with Gasteiger partial charge >= 0.3 is 0 Å². The lowest BCUT2D eigenvalue weighted by Crippen LogP contribution is -2.48. The molecule has 0 radical (unpaired) electrons. The van der Waals surface area contributed by atoms with E-state index < -0.39 is 5.91 Å². The lowest BCUT2D eigenvalue weighted by Gasteiger charge is -2.11. The largest absolute Gasteiger partial charge is 0.496 e. The van der Waals surface area contributed by atoms with Crippen LogP contribution in [0.25, 0.3) is 0 Å². The topological polar surface area (TPSA) is 79.5 Å². The van der Waals surface area contributed by atoms with Crippen molar-refractivity contribution in [2.75, 3.05) is 7.11 Å². The molecule has 3 N–H and O–H groups in total. The zero-order valence-electron chi connectivity index (χ0n) is 11.9. The molecule has 1 aromatic carbocycles. The molecule has 0 aliphatic heterocycles. The highest BCUT2D eigenvalue weighted by Crippen LogP contribution is 2.25. The van der Waals surface area contributed by atoms with Crippen molar-refractivity contribution < 1.29 is 14.3 Å². The Kier molecular flexibility index (Phi) is 6.08. The van der Waals surface area contributed by atoms with Gasteiger partial charge in [-0.2, -0.15) is 0 Å². The fraction of sp³-hybridized carbons (Fsp3) is 0.0714. The Balaban J connectivity index is 1.88. The Hall–Kier alpha value is -1.97. The molecule has 0 fully saturated rings. The van der Waals surface area contributed by atoms with Crippen LogP contribution in [0.15, 0.2) is 40.2 Å². The Morgan fingerprint density at radius 1 is 1.22 bits per heavy atom. The number of hydrogen-bond acceptors (Lipinski definition) is 5. The SMILES string of the molecule is COc1ccc(C(=O)NC(=S)NNC(=O)c2cccs2)cc1Br. The van der Waals surface area contributed by atoms with E-state index in [0.29, 0.717) is 20.7 Å². The summed E-state index contributed by atoms with van der Waals surface area (Å²) in [7, 11) is 1.54. The van der Waals surface area contributed by atoms with Crippen LogP contribution in [0.1, 0.15) is 20.0 Å². The standard InChI is InChI=1S/C14H12BrN3O3S2/c1-21-10-5-4-8(7-9(10)15)12(19)16-14(22)18-17-13(20)11-3-2-6-23-11/h2-7H,1H3,(H,17,20)(H2,16,18,19,22). The van der Waals surface area contributed by atoms with Crippen LogP contribution in [-0.2, 0) is 0 Å². The third-order valence-electron chi connectivity index (χ3n) is 2.68. The smallest absolute Gasteiger partial charge is 0.279 e. The van der Waals surface area contributed by atoms with Gasteiger partial charge in [0.1, 0.15) is 5.75 Å². The third-order valence-corrected chi connectivity index (χ3v) is 4.37. The van der Waals surface area contributed by atoms with Crippen LogP contribution < -0.4 is 20.9 Å². The molecular formula is C14H12BrN3O3S2. The number of hydrazine groups is 1. The predicted octanol–water partition coefficient (Wildman–Crippen LogP) is 2.47. The number of carbonyl (C=O) groups excluding carboxylic acids is 2. The molecule has 0 saturated heterocycles. The van der Waals surface area contributed by atoms with E-state index in [9.17, 15) is 9.59 Å². The first kappa shape index (κ1) is 17.4. The summed E-state index contributed by atoms with van der Waals surface area (Å²) in [6.45, 7) is 0. The fourth-order valence-corrected chi connectivity index (χ4v) is 2.90. The molecule has 0 unspecified atom stereocenters. The molecule has 6 nitrogen and oxygen atoms in total. The number of benzene rings is 1. The summed E-state index contributed by atoms with van der Waals surface area (Å²) in [4.78, 5) is 24.3. The van der Waals surface area contributed by atoms with Crippen LogP contribution in [0.2, 0.25) is 0 Å². The summed E-state index contributed by atoms with van der Waals surface area (Å²) in [6.07, 6.45) is 0. The molecule has 0 saturated carbocycles. The second-order valence-corrected chi connectivity index (χ2v) is 6.40. The van der Waals surface area contributed by atoms with Crippen molar-refractivity contribution in [3.05, 3.63) is 50.6 Å². The molecule has 1 aromatic heterocycles. The lowest BCUT2D eigenvalue weighted by atomic mass is 10.2. The van der Waals surface area contributed by atoms with Gasteiger partial charge in [-0.1, -0.05) is 6.07 Å². The molecule has 2 rings (SSSR count). The minimum Gasteiger partial charge on any atom is -0.496 e. The van der Waals surface area contributed by atoms with E-state index in [1.54, 1.807) is 35.7 Å². The second-order valence-electron chi connectivity index (χ2n) is 4.19. The Labute approximate surface area is 150 Å². The zero-order chi connectivity index (χ0) is 16.8. The first-order chi connectivity index (χ1) is 11.0. The fourth-order valence-electron chi connectivity index (χ4n) is 1.60. The van der Waals surface area contributed by atoms with Gasteiger partial charge in [-0.15, -0.1) is 11.3 Å². The van der Waals surface area contributed by atoms with Gasteiger partial charge in [-0.05, 0) is 57.8 Å². The maximum Gasteiger partial charge on any atom is 0.279 e. The van der Waals surface area contributed by atoms with E-state index in [-0.39, 0.29) is 11.0 Å². The van der Waals surface area contributed by atoms with E-state index in [0.717, 1.165) is 0 Å². The highest BCUT2D eigenvalue weighted by molar-refractivity contribution is 9.10. The molecular weight excluding hydrogens is 402 g/mol. The van der Waals surface area contributed by atoms with Crippen LogP contribution in [0.3, 0.4) is 0 Å². The minimum absolute atomic E-state index is 0.00755. The number of carbonyl (C=O) groups is 2. The van der Waals surface area contributed by atoms with E-state index in [4.69, 9.17) is 17.0 Å². The average molecular weight is 414 g/mol. The summed E-state index contributed by atoms with van der Waals surface area (Å²) < 4.78 is 5.75. The van der Waals surface area contributed by atoms with Crippen molar-refractivity contribution in [1.82, 2.24) is 16.2 Å². The van der Waals surface area contributed by atoms with Crippen molar-refractivity contribution in [3.63, 3.8) is 0 Å². The average Bonchev–Trinajstić information content (AvgIpc) is 3.07.